The SMILES string of the molecule is COc1ccc(C[C@@H](N)C(=O)NCC(C)(C)C(=O)O)cc1Cl. The van der Waals surface area contributed by atoms with E-state index < -0.39 is 23.3 Å². The number of rotatable bonds is 7. The van der Waals surface area contributed by atoms with Crippen LogP contribution in [0.2, 0.25) is 5.02 Å². The molecule has 0 bridgehead atoms. The molecule has 4 N–H and O–H groups in total. The molecule has 0 saturated heterocycles. The first-order valence-corrected chi connectivity index (χ1v) is 7.14. The van der Waals surface area contributed by atoms with Crippen molar-refractivity contribution in [1.29, 1.82) is 0 Å². The molecule has 1 rings (SSSR count). The smallest absolute Gasteiger partial charge is 0.310 e. The van der Waals surface area contributed by atoms with Crippen molar-refractivity contribution < 1.29 is 19.4 Å². The molecule has 0 aliphatic heterocycles. The molecule has 1 amide bonds. The van der Waals surface area contributed by atoms with Gasteiger partial charge in [0.1, 0.15) is 5.75 Å². The second kappa shape index (κ2) is 7.47. The fraction of sp³-hybridized carbons (Fsp3) is 0.467. The second-order valence-corrected chi connectivity index (χ2v) is 6.09. The maximum Gasteiger partial charge on any atom is 0.310 e. The first kappa shape index (κ1) is 18.3. The third kappa shape index (κ3) is 4.89. The van der Waals surface area contributed by atoms with Crippen molar-refractivity contribution >= 4 is 23.5 Å². The van der Waals surface area contributed by atoms with E-state index in [0.29, 0.717) is 17.2 Å². The summed E-state index contributed by atoms with van der Waals surface area (Å²) in [6.07, 6.45) is 0.295. The number of carbonyl (C=O) groups is 2. The van der Waals surface area contributed by atoms with Gasteiger partial charge in [-0.05, 0) is 38.0 Å². The number of hydrogen-bond acceptors (Lipinski definition) is 4. The molecule has 0 heterocycles. The molecule has 0 fully saturated rings. The van der Waals surface area contributed by atoms with Gasteiger partial charge in [-0.25, -0.2) is 0 Å². The van der Waals surface area contributed by atoms with Crippen LogP contribution in [0, 0.1) is 5.41 Å². The quantitative estimate of drug-likeness (QED) is 0.703. The van der Waals surface area contributed by atoms with E-state index in [1.807, 2.05) is 0 Å². The average molecular weight is 329 g/mol. The molecule has 22 heavy (non-hydrogen) atoms. The van der Waals surface area contributed by atoms with Crippen LogP contribution in [-0.2, 0) is 16.0 Å². The predicted octanol–water partition coefficient (Wildman–Crippen LogP) is 1.45. The molecule has 1 atom stereocenters. The van der Waals surface area contributed by atoms with Gasteiger partial charge in [0.15, 0.2) is 0 Å². The van der Waals surface area contributed by atoms with E-state index in [-0.39, 0.29) is 6.54 Å². The molecule has 0 radical (unpaired) electrons. The topological polar surface area (TPSA) is 102 Å². The molecular formula is C15H21ClN2O4. The number of ether oxygens (including phenoxy) is 1. The Hall–Kier alpha value is -1.79. The number of nitrogens with two attached hydrogens (primary N) is 1. The maximum absolute atomic E-state index is 11.9. The Morgan fingerprint density at radius 3 is 2.59 bits per heavy atom. The molecule has 0 aromatic heterocycles. The minimum absolute atomic E-state index is 0.0121. The summed E-state index contributed by atoms with van der Waals surface area (Å²) in [6.45, 7) is 3.08. The van der Waals surface area contributed by atoms with Gasteiger partial charge in [0.2, 0.25) is 5.91 Å². The Bertz CT molecular complexity index is 560. The van der Waals surface area contributed by atoms with Crippen LogP contribution in [0.3, 0.4) is 0 Å². The highest BCUT2D eigenvalue weighted by atomic mass is 35.5. The van der Waals surface area contributed by atoms with Gasteiger partial charge in [0.25, 0.3) is 0 Å². The van der Waals surface area contributed by atoms with Gasteiger partial charge >= 0.3 is 5.97 Å². The van der Waals surface area contributed by atoms with Crippen LogP contribution in [0.5, 0.6) is 5.75 Å². The summed E-state index contributed by atoms with van der Waals surface area (Å²) in [5, 5.41) is 12.0. The van der Waals surface area contributed by atoms with Crippen LogP contribution in [0.4, 0.5) is 0 Å². The van der Waals surface area contributed by atoms with Gasteiger partial charge in [0, 0.05) is 6.54 Å². The van der Waals surface area contributed by atoms with Gasteiger partial charge in [-0.1, -0.05) is 17.7 Å². The number of aliphatic carboxylic acids is 1. The van der Waals surface area contributed by atoms with E-state index in [2.05, 4.69) is 5.32 Å². The molecule has 0 aliphatic rings. The fourth-order valence-electron chi connectivity index (χ4n) is 1.70. The molecule has 7 heteroatoms. The van der Waals surface area contributed by atoms with Crippen molar-refractivity contribution in [3.05, 3.63) is 28.8 Å². The summed E-state index contributed by atoms with van der Waals surface area (Å²) in [6, 6.07) is 4.39. The molecule has 0 saturated carbocycles. The lowest BCUT2D eigenvalue weighted by Crippen LogP contribution is -2.46. The van der Waals surface area contributed by atoms with Crippen LogP contribution in [0.25, 0.3) is 0 Å². The summed E-state index contributed by atoms with van der Waals surface area (Å²) in [7, 11) is 1.52. The lowest BCUT2D eigenvalue weighted by molar-refractivity contribution is -0.146. The second-order valence-electron chi connectivity index (χ2n) is 5.69. The highest BCUT2D eigenvalue weighted by Gasteiger charge is 2.28. The van der Waals surface area contributed by atoms with E-state index >= 15 is 0 Å². The summed E-state index contributed by atoms with van der Waals surface area (Å²) in [5.41, 5.74) is 5.60. The third-order valence-electron chi connectivity index (χ3n) is 3.29. The van der Waals surface area contributed by atoms with Crippen molar-refractivity contribution in [2.75, 3.05) is 13.7 Å². The first-order valence-electron chi connectivity index (χ1n) is 6.76. The number of hydrogen-bond donors (Lipinski definition) is 3. The monoisotopic (exact) mass is 328 g/mol. The minimum atomic E-state index is -1.04. The number of carboxylic acid groups (broad SMARTS) is 1. The van der Waals surface area contributed by atoms with E-state index in [0.717, 1.165) is 5.56 Å². The van der Waals surface area contributed by atoms with Gasteiger partial charge in [-0.2, -0.15) is 0 Å². The summed E-state index contributed by atoms with van der Waals surface area (Å²) >= 11 is 6.02. The largest absolute Gasteiger partial charge is 0.495 e. The van der Waals surface area contributed by atoms with Gasteiger partial charge < -0.3 is 20.9 Å². The van der Waals surface area contributed by atoms with Crippen LogP contribution in [0.15, 0.2) is 18.2 Å². The molecule has 1 aromatic carbocycles. The summed E-state index contributed by atoms with van der Waals surface area (Å²) in [4.78, 5) is 22.9. The summed E-state index contributed by atoms with van der Waals surface area (Å²) < 4.78 is 5.05. The van der Waals surface area contributed by atoms with E-state index in [1.165, 1.54) is 21.0 Å². The van der Waals surface area contributed by atoms with E-state index in [9.17, 15) is 9.59 Å². The normalized spacial score (nSPS) is 12.6. The van der Waals surface area contributed by atoms with Crippen molar-refractivity contribution in [2.24, 2.45) is 11.1 Å². The average Bonchev–Trinajstić information content (AvgIpc) is 2.44. The molecule has 6 nitrogen and oxygen atoms in total. The number of methoxy groups -OCH3 is 1. The number of halogens is 1. The van der Waals surface area contributed by atoms with Crippen LogP contribution in [0.1, 0.15) is 19.4 Å². The number of carbonyl (C=O) groups excluding carboxylic acids is 1. The third-order valence-corrected chi connectivity index (χ3v) is 3.59. The lowest BCUT2D eigenvalue weighted by atomic mass is 9.93. The summed E-state index contributed by atoms with van der Waals surface area (Å²) in [5.74, 6) is -0.837. The number of carboxylic acids is 1. The standard InChI is InChI=1S/C15H21ClN2O4/c1-15(2,14(20)21)8-18-13(19)11(17)7-9-4-5-12(22-3)10(16)6-9/h4-6,11H,7-8,17H2,1-3H3,(H,18,19)(H,20,21)/t11-/m1/s1. The van der Waals surface area contributed by atoms with Crippen molar-refractivity contribution in [3.63, 3.8) is 0 Å². The molecule has 1 aromatic rings. The lowest BCUT2D eigenvalue weighted by Gasteiger charge is -2.21. The van der Waals surface area contributed by atoms with E-state index in [1.54, 1.807) is 18.2 Å². The zero-order valence-electron chi connectivity index (χ0n) is 12.9. The van der Waals surface area contributed by atoms with Gasteiger partial charge in [-0.3, -0.25) is 9.59 Å². The maximum atomic E-state index is 11.9. The first-order chi connectivity index (χ1) is 10.2. The van der Waals surface area contributed by atoms with E-state index in [4.69, 9.17) is 27.2 Å². The number of nitrogens with one attached hydrogen (secondary N) is 1. The highest BCUT2D eigenvalue weighted by Crippen LogP contribution is 2.25. The van der Waals surface area contributed by atoms with Crippen LogP contribution >= 0.6 is 11.6 Å². The predicted molar refractivity (Wildman–Crippen MR) is 84.1 cm³/mol. The zero-order valence-corrected chi connectivity index (χ0v) is 13.6. The van der Waals surface area contributed by atoms with Crippen molar-refractivity contribution in [3.8, 4) is 5.75 Å². The Balaban J connectivity index is 2.61. The number of amides is 1. The molecule has 0 spiro atoms. The van der Waals surface area contributed by atoms with Gasteiger partial charge in [0.05, 0.1) is 23.6 Å². The minimum Gasteiger partial charge on any atom is -0.495 e. The van der Waals surface area contributed by atoms with Crippen LogP contribution < -0.4 is 15.8 Å². The van der Waals surface area contributed by atoms with Crippen molar-refractivity contribution in [1.82, 2.24) is 5.32 Å². The van der Waals surface area contributed by atoms with Crippen molar-refractivity contribution in [2.45, 2.75) is 26.3 Å². The fourth-order valence-corrected chi connectivity index (χ4v) is 1.98. The molecular weight excluding hydrogens is 308 g/mol. The Morgan fingerprint density at radius 1 is 1.45 bits per heavy atom. The number of benzene rings is 1. The zero-order chi connectivity index (χ0) is 16.9. The van der Waals surface area contributed by atoms with Gasteiger partial charge in [-0.15, -0.1) is 0 Å². The Labute approximate surface area is 134 Å². The molecule has 0 unspecified atom stereocenters. The molecule has 122 valence electrons. The Morgan fingerprint density at radius 2 is 2.09 bits per heavy atom. The Kier molecular flexibility index (Phi) is 6.20. The molecule has 0 aliphatic carbocycles. The highest BCUT2D eigenvalue weighted by molar-refractivity contribution is 6.32. The van der Waals surface area contributed by atoms with Crippen LogP contribution in [-0.4, -0.2) is 36.7 Å².